The van der Waals surface area contributed by atoms with Crippen LogP contribution in [0.2, 0.25) is 0 Å². The summed E-state index contributed by atoms with van der Waals surface area (Å²) >= 11 is 0. The van der Waals surface area contributed by atoms with Crippen molar-refractivity contribution in [3.8, 4) is 17.6 Å². The van der Waals surface area contributed by atoms with Gasteiger partial charge in [-0.1, -0.05) is 6.07 Å². The molecular formula is C17H18N2O2. The van der Waals surface area contributed by atoms with Crippen molar-refractivity contribution in [1.29, 1.82) is 5.26 Å². The fourth-order valence-corrected chi connectivity index (χ4v) is 2.17. The third-order valence-corrected chi connectivity index (χ3v) is 3.44. The number of methoxy groups -OCH3 is 1. The highest BCUT2D eigenvalue weighted by Gasteiger charge is 2.12. The Morgan fingerprint density at radius 2 is 2.00 bits per heavy atom. The van der Waals surface area contributed by atoms with Crippen LogP contribution in [0, 0.1) is 18.3 Å². The first-order chi connectivity index (χ1) is 10.0. The van der Waals surface area contributed by atoms with E-state index in [0.29, 0.717) is 11.3 Å². The van der Waals surface area contributed by atoms with E-state index in [2.05, 4.69) is 11.4 Å². The van der Waals surface area contributed by atoms with Gasteiger partial charge in [0.25, 0.3) is 0 Å². The maximum absolute atomic E-state index is 10.1. The predicted molar refractivity (Wildman–Crippen MR) is 82.6 cm³/mol. The summed E-state index contributed by atoms with van der Waals surface area (Å²) in [5.74, 6) is 0.801. The minimum atomic E-state index is -0.0939. The van der Waals surface area contributed by atoms with Crippen LogP contribution in [-0.2, 0) is 0 Å². The molecule has 4 nitrogen and oxygen atoms in total. The Labute approximate surface area is 124 Å². The van der Waals surface area contributed by atoms with Gasteiger partial charge in [-0.15, -0.1) is 0 Å². The van der Waals surface area contributed by atoms with Gasteiger partial charge in [-0.2, -0.15) is 5.26 Å². The summed E-state index contributed by atoms with van der Waals surface area (Å²) in [6.07, 6.45) is 0. The van der Waals surface area contributed by atoms with Crippen molar-refractivity contribution < 1.29 is 9.84 Å². The minimum absolute atomic E-state index is 0.0939. The van der Waals surface area contributed by atoms with E-state index in [1.165, 1.54) is 0 Å². The average molecular weight is 282 g/mol. The number of anilines is 1. The van der Waals surface area contributed by atoms with E-state index in [1.54, 1.807) is 19.2 Å². The number of rotatable bonds is 4. The molecule has 0 aliphatic heterocycles. The molecule has 0 heterocycles. The molecule has 0 amide bonds. The number of nitrogens with zero attached hydrogens (tertiary/aromatic N) is 1. The summed E-state index contributed by atoms with van der Waals surface area (Å²) in [6, 6.07) is 12.8. The van der Waals surface area contributed by atoms with Crippen molar-refractivity contribution >= 4 is 5.69 Å². The molecule has 108 valence electrons. The van der Waals surface area contributed by atoms with Crippen molar-refractivity contribution in [2.45, 2.75) is 19.9 Å². The Bertz CT molecular complexity index is 690. The third-order valence-electron chi connectivity index (χ3n) is 3.44. The lowest BCUT2D eigenvalue weighted by Crippen LogP contribution is -2.08. The number of aryl methyl sites for hydroxylation is 1. The van der Waals surface area contributed by atoms with Gasteiger partial charge in [0, 0.05) is 17.3 Å². The van der Waals surface area contributed by atoms with Crippen LogP contribution in [0.3, 0.4) is 0 Å². The number of aromatic hydroxyl groups is 1. The van der Waals surface area contributed by atoms with Gasteiger partial charge >= 0.3 is 0 Å². The molecule has 2 N–H and O–H groups in total. The molecule has 0 saturated carbocycles. The molecule has 2 aromatic carbocycles. The Morgan fingerprint density at radius 3 is 2.62 bits per heavy atom. The van der Waals surface area contributed by atoms with Crippen LogP contribution in [0.15, 0.2) is 36.4 Å². The van der Waals surface area contributed by atoms with Gasteiger partial charge in [-0.3, -0.25) is 0 Å². The zero-order chi connectivity index (χ0) is 15.4. The van der Waals surface area contributed by atoms with E-state index in [0.717, 1.165) is 16.8 Å². The van der Waals surface area contributed by atoms with Crippen LogP contribution in [0.25, 0.3) is 0 Å². The van der Waals surface area contributed by atoms with Gasteiger partial charge in [-0.25, -0.2) is 0 Å². The Kier molecular flexibility index (Phi) is 4.34. The first kappa shape index (κ1) is 14.7. The molecule has 21 heavy (non-hydrogen) atoms. The molecule has 1 unspecified atom stereocenters. The van der Waals surface area contributed by atoms with Crippen LogP contribution >= 0.6 is 0 Å². The van der Waals surface area contributed by atoms with Gasteiger partial charge in [0.05, 0.1) is 24.8 Å². The van der Waals surface area contributed by atoms with Crippen LogP contribution in [-0.4, -0.2) is 12.2 Å². The molecule has 2 aromatic rings. The summed E-state index contributed by atoms with van der Waals surface area (Å²) in [5, 5.41) is 22.4. The molecule has 0 fully saturated rings. The first-order valence-corrected chi connectivity index (χ1v) is 6.69. The summed E-state index contributed by atoms with van der Waals surface area (Å²) in [5.41, 5.74) is 3.32. The second-order valence-electron chi connectivity index (χ2n) is 4.93. The molecule has 0 aromatic heterocycles. The highest BCUT2D eigenvalue weighted by atomic mass is 16.5. The molecule has 0 spiro atoms. The number of hydrogen-bond acceptors (Lipinski definition) is 4. The van der Waals surface area contributed by atoms with E-state index >= 15 is 0 Å². The standard InChI is InChI=1S/C17H18N2O2/c1-11-4-5-13(10-18)8-16(11)19-12(2)15-7-6-14(21-3)9-17(15)20/h4-9,12,19-20H,1-3H3. The third kappa shape index (κ3) is 3.26. The van der Waals surface area contributed by atoms with Gasteiger partial charge in [0.2, 0.25) is 0 Å². The van der Waals surface area contributed by atoms with E-state index in [1.807, 2.05) is 38.1 Å². The van der Waals surface area contributed by atoms with Crippen molar-refractivity contribution in [3.05, 3.63) is 53.1 Å². The van der Waals surface area contributed by atoms with Crippen molar-refractivity contribution in [3.63, 3.8) is 0 Å². The summed E-state index contributed by atoms with van der Waals surface area (Å²) in [7, 11) is 1.56. The van der Waals surface area contributed by atoms with Gasteiger partial charge in [0.1, 0.15) is 11.5 Å². The van der Waals surface area contributed by atoms with Crippen LogP contribution in [0.1, 0.15) is 29.7 Å². The average Bonchev–Trinajstić information content (AvgIpc) is 2.49. The number of hydrogen-bond donors (Lipinski definition) is 2. The lowest BCUT2D eigenvalue weighted by molar-refractivity contribution is 0.406. The normalized spacial score (nSPS) is 11.5. The summed E-state index contributed by atoms with van der Waals surface area (Å²) in [4.78, 5) is 0. The van der Waals surface area contributed by atoms with Crippen LogP contribution < -0.4 is 10.1 Å². The largest absolute Gasteiger partial charge is 0.507 e. The summed E-state index contributed by atoms with van der Waals surface area (Å²) in [6.45, 7) is 3.93. The quantitative estimate of drug-likeness (QED) is 0.896. The molecule has 0 bridgehead atoms. The first-order valence-electron chi connectivity index (χ1n) is 6.69. The zero-order valence-corrected chi connectivity index (χ0v) is 12.3. The Balaban J connectivity index is 2.26. The summed E-state index contributed by atoms with van der Waals surface area (Å²) < 4.78 is 5.08. The van der Waals surface area contributed by atoms with Crippen LogP contribution in [0.5, 0.6) is 11.5 Å². The predicted octanol–water partition coefficient (Wildman–Crippen LogP) is 3.75. The maximum atomic E-state index is 10.1. The molecule has 0 saturated heterocycles. The lowest BCUT2D eigenvalue weighted by atomic mass is 10.0. The second kappa shape index (κ2) is 6.19. The molecule has 2 rings (SSSR count). The van der Waals surface area contributed by atoms with E-state index in [-0.39, 0.29) is 11.8 Å². The molecule has 1 atom stereocenters. The Hall–Kier alpha value is -2.67. The van der Waals surface area contributed by atoms with Crippen molar-refractivity contribution in [2.75, 3.05) is 12.4 Å². The second-order valence-corrected chi connectivity index (χ2v) is 4.93. The number of benzene rings is 2. The zero-order valence-electron chi connectivity index (χ0n) is 12.3. The fraction of sp³-hybridized carbons (Fsp3) is 0.235. The molecule has 0 aliphatic carbocycles. The SMILES string of the molecule is COc1ccc(C(C)Nc2cc(C#N)ccc2C)c(O)c1. The Morgan fingerprint density at radius 1 is 1.24 bits per heavy atom. The maximum Gasteiger partial charge on any atom is 0.124 e. The number of ether oxygens (including phenoxy) is 1. The van der Waals surface area contributed by atoms with E-state index in [4.69, 9.17) is 10.00 Å². The van der Waals surface area contributed by atoms with Crippen molar-refractivity contribution in [2.24, 2.45) is 0 Å². The molecule has 0 radical (unpaired) electrons. The monoisotopic (exact) mass is 282 g/mol. The van der Waals surface area contributed by atoms with Crippen LogP contribution in [0.4, 0.5) is 5.69 Å². The minimum Gasteiger partial charge on any atom is -0.507 e. The highest BCUT2D eigenvalue weighted by Crippen LogP contribution is 2.31. The molecule has 0 aliphatic rings. The van der Waals surface area contributed by atoms with Gasteiger partial charge in [0.15, 0.2) is 0 Å². The number of nitriles is 1. The fourth-order valence-electron chi connectivity index (χ4n) is 2.17. The van der Waals surface area contributed by atoms with Gasteiger partial charge in [-0.05, 0) is 43.7 Å². The highest BCUT2D eigenvalue weighted by molar-refractivity contribution is 5.57. The number of phenolic OH excluding ortho intramolecular Hbond substituents is 1. The molecule has 4 heteroatoms. The lowest BCUT2D eigenvalue weighted by Gasteiger charge is -2.19. The molecular weight excluding hydrogens is 264 g/mol. The number of nitrogens with one attached hydrogen (secondary N) is 1. The number of phenols is 1. The van der Waals surface area contributed by atoms with Gasteiger partial charge < -0.3 is 15.2 Å². The van der Waals surface area contributed by atoms with E-state index < -0.39 is 0 Å². The topological polar surface area (TPSA) is 65.3 Å². The smallest absolute Gasteiger partial charge is 0.124 e. The van der Waals surface area contributed by atoms with Crippen molar-refractivity contribution in [1.82, 2.24) is 0 Å². The van der Waals surface area contributed by atoms with E-state index in [9.17, 15) is 5.11 Å².